The van der Waals surface area contributed by atoms with Crippen molar-refractivity contribution in [1.82, 2.24) is 0 Å². The zero-order valence-electron chi connectivity index (χ0n) is 11.3. The predicted molar refractivity (Wildman–Crippen MR) is 83.6 cm³/mol. The van der Waals surface area contributed by atoms with Gasteiger partial charge in [0.25, 0.3) is 0 Å². The summed E-state index contributed by atoms with van der Waals surface area (Å²) in [6.07, 6.45) is 9.38. The number of aliphatic carboxylic acids is 1. The molecule has 6 heteroatoms. The summed E-state index contributed by atoms with van der Waals surface area (Å²) in [5.41, 5.74) is 2.16. The average Bonchev–Trinajstić information content (AvgIpc) is 2.40. The van der Waals surface area contributed by atoms with Crippen LogP contribution in [0.5, 0.6) is 0 Å². The van der Waals surface area contributed by atoms with Gasteiger partial charge in [-0.1, -0.05) is 21.4 Å². The molecule has 4 nitrogen and oxygen atoms in total. The minimum atomic E-state index is -0.845. The lowest BCUT2D eigenvalue weighted by atomic mass is 10.1. The fraction of sp³-hybridized carbons (Fsp3) is 0.235. The molecular formula is C17H24Cl2N2O2. The molecule has 0 fully saturated rings. The lowest BCUT2D eigenvalue weighted by molar-refractivity contribution is -0.687. The molecule has 2 aromatic rings. The molecule has 23 heavy (non-hydrogen) atoms. The van der Waals surface area contributed by atoms with Gasteiger partial charge in [-0.25, -0.2) is 9.36 Å². The standard InChI is InChI=1S/C15H15N2O2.2CH4.2ClH/c1-2-7-16-8-3-13(4-9-16)14-5-10-17(11-6-14)12-15(18)19;;;;/h2-6,8-11H,1,7,12H2;2*1H4;2*1H/q+1;;;;/p-1. The average molecular weight is 359 g/mol. The fourth-order valence-corrected chi connectivity index (χ4v) is 1.83. The van der Waals surface area contributed by atoms with Crippen LogP contribution in [-0.2, 0) is 17.9 Å². The molecule has 0 saturated heterocycles. The minimum absolute atomic E-state index is 0. The van der Waals surface area contributed by atoms with Crippen molar-refractivity contribution >= 4 is 5.97 Å². The van der Waals surface area contributed by atoms with E-state index in [0.717, 1.165) is 17.7 Å². The van der Waals surface area contributed by atoms with E-state index in [4.69, 9.17) is 5.11 Å². The molecule has 0 saturated carbocycles. The van der Waals surface area contributed by atoms with E-state index in [9.17, 15) is 4.79 Å². The third kappa shape index (κ3) is 7.77. The zero-order valence-corrected chi connectivity index (χ0v) is 12.8. The van der Waals surface area contributed by atoms with Gasteiger partial charge in [0, 0.05) is 24.3 Å². The quantitative estimate of drug-likeness (QED) is 0.445. The summed E-state index contributed by atoms with van der Waals surface area (Å²) in [7, 11) is 0. The van der Waals surface area contributed by atoms with Crippen LogP contribution in [0.2, 0.25) is 0 Å². The molecule has 0 aromatic carbocycles. The molecule has 2 rings (SSSR count). The van der Waals surface area contributed by atoms with Gasteiger partial charge < -0.3 is 29.9 Å². The number of halogens is 2. The van der Waals surface area contributed by atoms with E-state index in [2.05, 4.69) is 6.58 Å². The van der Waals surface area contributed by atoms with Crippen molar-refractivity contribution in [3.63, 3.8) is 0 Å². The Morgan fingerprint density at radius 1 is 0.957 bits per heavy atom. The lowest BCUT2D eigenvalue weighted by Gasteiger charge is -1.99. The number of nitrogens with zero attached hydrogens (tertiary/aromatic N) is 2. The first-order chi connectivity index (χ1) is 9.19. The molecule has 1 N–H and O–H groups in total. The van der Waals surface area contributed by atoms with E-state index in [0.29, 0.717) is 0 Å². The predicted octanol–water partition coefficient (Wildman–Crippen LogP) is -3.52. The van der Waals surface area contributed by atoms with Gasteiger partial charge in [-0.2, -0.15) is 4.57 Å². The first-order valence-electron chi connectivity index (χ1n) is 6.00. The van der Waals surface area contributed by atoms with Crippen LogP contribution in [0.15, 0.2) is 61.7 Å². The number of rotatable bonds is 5. The molecule has 0 aliphatic heterocycles. The Bertz CT molecular complexity index is 585. The first-order valence-corrected chi connectivity index (χ1v) is 6.00. The van der Waals surface area contributed by atoms with Gasteiger partial charge in [-0.15, -0.1) is 0 Å². The lowest BCUT2D eigenvalue weighted by Crippen LogP contribution is -3.00. The normalized spacial score (nSPS) is 8.35. The van der Waals surface area contributed by atoms with Crippen LogP contribution >= 0.6 is 0 Å². The second-order valence-electron chi connectivity index (χ2n) is 4.23. The Morgan fingerprint density at radius 3 is 1.70 bits per heavy atom. The minimum Gasteiger partial charge on any atom is -1.00 e. The summed E-state index contributed by atoms with van der Waals surface area (Å²) in [4.78, 5) is 10.6. The summed E-state index contributed by atoms with van der Waals surface area (Å²) < 4.78 is 3.66. The third-order valence-corrected chi connectivity index (χ3v) is 2.77. The van der Waals surface area contributed by atoms with Crippen molar-refractivity contribution in [3.05, 3.63) is 61.7 Å². The number of pyridine rings is 2. The molecule has 0 aliphatic rings. The molecule has 128 valence electrons. The number of hydrogen-bond donors (Lipinski definition) is 1. The van der Waals surface area contributed by atoms with E-state index in [-0.39, 0.29) is 46.2 Å². The maximum absolute atomic E-state index is 10.6. The van der Waals surface area contributed by atoms with Gasteiger partial charge in [0.1, 0.15) is 0 Å². The molecular weight excluding hydrogens is 335 g/mol. The van der Waals surface area contributed by atoms with Crippen LogP contribution in [0.3, 0.4) is 0 Å². The molecule has 0 radical (unpaired) electrons. The Labute approximate surface area is 150 Å². The summed E-state index contributed by atoms with van der Waals surface area (Å²) in [6, 6.07) is 7.88. The molecule has 2 heterocycles. The number of aromatic nitrogens is 2. The van der Waals surface area contributed by atoms with E-state index < -0.39 is 5.97 Å². The highest BCUT2D eigenvalue weighted by Gasteiger charge is 2.08. The van der Waals surface area contributed by atoms with Gasteiger partial charge in [-0.3, -0.25) is 0 Å². The second kappa shape index (κ2) is 12.6. The van der Waals surface area contributed by atoms with E-state index in [1.54, 1.807) is 17.0 Å². The Morgan fingerprint density at radius 2 is 1.35 bits per heavy atom. The van der Waals surface area contributed by atoms with Crippen LogP contribution < -0.4 is 33.9 Å². The van der Waals surface area contributed by atoms with Crippen LogP contribution in [0.25, 0.3) is 11.1 Å². The van der Waals surface area contributed by atoms with Crippen molar-refractivity contribution in [2.24, 2.45) is 0 Å². The molecule has 2 aromatic heterocycles. The summed E-state index contributed by atoms with van der Waals surface area (Å²) >= 11 is 0. The monoisotopic (exact) mass is 358 g/mol. The molecule has 0 bridgehead atoms. The van der Waals surface area contributed by atoms with Gasteiger partial charge >= 0.3 is 5.97 Å². The van der Waals surface area contributed by atoms with E-state index in [1.807, 2.05) is 47.3 Å². The molecule has 0 amide bonds. The molecule has 0 atom stereocenters. The van der Waals surface area contributed by atoms with Crippen molar-refractivity contribution in [3.8, 4) is 11.1 Å². The topological polar surface area (TPSA) is 45.1 Å². The molecule has 0 unspecified atom stereocenters. The van der Waals surface area contributed by atoms with Crippen molar-refractivity contribution in [2.45, 2.75) is 27.9 Å². The number of hydrogen-bond acceptors (Lipinski definition) is 1. The fourth-order valence-electron chi connectivity index (χ4n) is 1.83. The van der Waals surface area contributed by atoms with E-state index in [1.165, 1.54) is 0 Å². The van der Waals surface area contributed by atoms with Crippen molar-refractivity contribution in [2.75, 3.05) is 0 Å². The van der Waals surface area contributed by atoms with Gasteiger partial charge in [0.05, 0.1) is 0 Å². The first kappa shape index (κ1) is 26.0. The smallest absolute Gasteiger partial charge is 0.370 e. The summed E-state index contributed by atoms with van der Waals surface area (Å²) in [5, 5.41) is 8.70. The highest BCUT2D eigenvalue weighted by atomic mass is 35.5. The van der Waals surface area contributed by atoms with Crippen molar-refractivity contribution < 1.29 is 43.8 Å². The van der Waals surface area contributed by atoms with Crippen LogP contribution in [0, 0.1) is 0 Å². The highest BCUT2D eigenvalue weighted by Crippen LogP contribution is 2.15. The maximum Gasteiger partial charge on any atom is 0.370 e. The summed E-state index contributed by atoms with van der Waals surface area (Å²) in [5.74, 6) is -0.845. The van der Waals surface area contributed by atoms with Crippen LogP contribution in [-0.4, -0.2) is 11.1 Å². The van der Waals surface area contributed by atoms with Gasteiger partial charge in [-0.05, 0) is 17.2 Å². The highest BCUT2D eigenvalue weighted by molar-refractivity contribution is 5.65. The molecule has 0 spiro atoms. The second-order valence-corrected chi connectivity index (χ2v) is 4.23. The van der Waals surface area contributed by atoms with Gasteiger partial charge in [0.15, 0.2) is 31.3 Å². The van der Waals surface area contributed by atoms with Gasteiger partial charge in [0.2, 0.25) is 6.54 Å². The Kier molecular flexibility index (Phi) is 14.3. The Hall–Kier alpha value is -1.91. The third-order valence-electron chi connectivity index (χ3n) is 2.77. The molecule has 0 aliphatic carbocycles. The summed E-state index contributed by atoms with van der Waals surface area (Å²) in [6.45, 7) is 4.46. The number of carboxylic acids is 1. The zero-order chi connectivity index (χ0) is 13.7. The maximum atomic E-state index is 10.6. The number of carbonyl (C=O) groups is 1. The largest absolute Gasteiger partial charge is 1.00 e. The van der Waals surface area contributed by atoms with Crippen LogP contribution in [0.4, 0.5) is 0 Å². The SMILES string of the molecule is C.C.C=CC[n+]1ccc(-c2cc[n+](CC(=O)O)cc2)cc1.[Cl-].[Cl-]. The van der Waals surface area contributed by atoms with Crippen LogP contribution in [0.1, 0.15) is 14.9 Å². The Balaban J connectivity index is -0.000001000. The van der Waals surface area contributed by atoms with Crippen molar-refractivity contribution in [1.29, 1.82) is 0 Å². The number of allylic oxidation sites excluding steroid dienone is 1. The van der Waals surface area contributed by atoms with E-state index >= 15 is 0 Å². The number of carboxylic acid groups (broad SMARTS) is 1.